The van der Waals surface area contributed by atoms with E-state index >= 15 is 0 Å². The Kier molecular flexibility index (Phi) is 10.1. The molecule has 11 nitrogen and oxygen atoms in total. The number of rotatable bonds is 10. The quantitative estimate of drug-likeness (QED) is 0.354. The molecule has 5 rings (SSSR count). The Hall–Kier alpha value is -2.96. The average molecular weight is 582 g/mol. The molecule has 2 aromatic rings. The van der Waals surface area contributed by atoms with Crippen molar-refractivity contribution in [1.29, 1.82) is 0 Å². The van der Waals surface area contributed by atoms with Gasteiger partial charge in [-0.1, -0.05) is 0 Å². The first kappa shape index (κ1) is 31.5. The fourth-order valence-corrected chi connectivity index (χ4v) is 6.11. The molecule has 6 radical (unpaired) electrons. The molecule has 1 amide bonds. The minimum Gasteiger partial charge on any atom is -0.495 e. The van der Waals surface area contributed by atoms with Gasteiger partial charge in [-0.15, -0.1) is 5.11 Å². The molecule has 4 N–H and O–H groups in total. The van der Waals surface area contributed by atoms with Gasteiger partial charge in [0.25, 0.3) is 5.91 Å². The van der Waals surface area contributed by atoms with Gasteiger partial charge in [-0.2, -0.15) is 0 Å². The van der Waals surface area contributed by atoms with E-state index in [0.717, 1.165) is 76.4 Å². The highest BCUT2D eigenvalue weighted by molar-refractivity contribution is 6.59. The number of nitrogens with one attached hydrogen (secondary N) is 2. The van der Waals surface area contributed by atoms with Gasteiger partial charge in [0.05, 0.1) is 42.0 Å². The molecule has 1 aromatic heterocycles. The van der Waals surface area contributed by atoms with Crippen LogP contribution in [0.3, 0.4) is 0 Å². The van der Waals surface area contributed by atoms with Crippen molar-refractivity contribution in [3.8, 4) is 5.75 Å². The molecule has 43 heavy (non-hydrogen) atoms. The summed E-state index contributed by atoms with van der Waals surface area (Å²) >= 11 is 0. The van der Waals surface area contributed by atoms with Gasteiger partial charge in [0.1, 0.15) is 11.6 Å². The van der Waals surface area contributed by atoms with Crippen LogP contribution in [0, 0.1) is 0 Å². The molecule has 0 atom stereocenters. The molecular weight excluding hydrogens is 541 g/mol. The van der Waals surface area contributed by atoms with Crippen molar-refractivity contribution in [2.24, 2.45) is 5.73 Å². The summed E-state index contributed by atoms with van der Waals surface area (Å²) in [5.74, 6) is 0.646. The summed E-state index contributed by atoms with van der Waals surface area (Å²) in [4.78, 5) is 29.2. The predicted octanol–water partition coefficient (Wildman–Crippen LogP) is 1.26. The van der Waals surface area contributed by atoms with Gasteiger partial charge in [0.2, 0.25) is 0 Å². The third kappa shape index (κ3) is 8.16. The fraction of sp³-hybridized carbons (Fsp3) is 0.621. The smallest absolute Gasteiger partial charge is 0.271 e. The maximum Gasteiger partial charge on any atom is 0.271 e. The van der Waals surface area contributed by atoms with Gasteiger partial charge >= 0.3 is 0 Å². The summed E-state index contributed by atoms with van der Waals surface area (Å²) in [7, 11) is 21.6. The van der Waals surface area contributed by atoms with Gasteiger partial charge in [-0.05, 0) is 51.3 Å². The summed E-state index contributed by atoms with van der Waals surface area (Å²) in [5, 5.41) is 5.11. The lowest BCUT2D eigenvalue weighted by Gasteiger charge is -2.42. The van der Waals surface area contributed by atoms with E-state index in [2.05, 4.69) is 37.4 Å². The molecular formula is C29H41B3N8O3. The van der Waals surface area contributed by atoms with Crippen LogP contribution in [0.4, 0.5) is 23.0 Å². The highest BCUT2D eigenvalue weighted by Crippen LogP contribution is 2.35. The molecule has 0 spiro atoms. The zero-order valence-corrected chi connectivity index (χ0v) is 25.3. The van der Waals surface area contributed by atoms with Crippen molar-refractivity contribution in [3.05, 3.63) is 29.6 Å². The van der Waals surface area contributed by atoms with E-state index in [0.29, 0.717) is 36.5 Å². The number of likely N-dealkylation sites (N-methyl/N-ethyl adjacent to an activating group) is 1. The summed E-state index contributed by atoms with van der Waals surface area (Å²) in [5.41, 5.74) is 7.78. The van der Waals surface area contributed by atoms with Crippen molar-refractivity contribution >= 4 is 52.5 Å². The summed E-state index contributed by atoms with van der Waals surface area (Å²) in [6, 6.07) is 6.62. The minimum absolute atomic E-state index is 0.0138. The number of hydrogen-bond donors (Lipinski definition) is 3. The third-order valence-corrected chi connectivity index (χ3v) is 8.54. The number of piperidine rings is 1. The van der Waals surface area contributed by atoms with Crippen molar-refractivity contribution in [2.45, 2.75) is 49.3 Å². The Morgan fingerprint density at radius 1 is 1.05 bits per heavy atom. The number of amides is 1. The number of ether oxygens (including phenoxy) is 2. The molecule has 1 aromatic carbocycles. The summed E-state index contributed by atoms with van der Waals surface area (Å²) in [6.07, 6.45) is 3.82. The molecule has 0 unspecified atom stereocenters. The van der Waals surface area contributed by atoms with Gasteiger partial charge in [-0.25, -0.2) is 9.97 Å². The molecule has 4 heterocycles. The van der Waals surface area contributed by atoms with Gasteiger partial charge in [-0.3, -0.25) is 9.69 Å². The van der Waals surface area contributed by atoms with Gasteiger partial charge in [0, 0.05) is 76.3 Å². The van der Waals surface area contributed by atoms with Crippen LogP contribution in [0.25, 0.3) is 0 Å². The van der Waals surface area contributed by atoms with Crippen LogP contribution in [0.15, 0.2) is 18.2 Å². The number of benzene rings is 1. The molecule has 14 heteroatoms. The van der Waals surface area contributed by atoms with Crippen LogP contribution in [-0.2, 0) is 11.2 Å². The van der Waals surface area contributed by atoms with Crippen LogP contribution >= 0.6 is 0 Å². The lowest BCUT2D eigenvalue weighted by Crippen LogP contribution is -2.52. The summed E-state index contributed by atoms with van der Waals surface area (Å²) < 4.78 is 11.3. The number of nitrogens with zero attached hydrogens (tertiary/aromatic N) is 5. The minimum atomic E-state index is -1.55. The first-order valence-electron chi connectivity index (χ1n) is 15.1. The molecule has 3 fully saturated rings. The van der Waals surface area contributed by atoms with Crippen molar-refractivity contribution in [2.75, 3.05) is 82.2 Å². The van der Waals surface area contributed by atoms with E-state index in [1.165, 1.54) is 0 Å². The molecule has 0 saturated carbocycles. The molecule has 0 bridgehead atoms. The van der Waals surface area contributed by atoms with Crippen LogP contribution in [0.5, 0.6) is 5.75 Å². The fourth-order valence-electron chi connectivity index (χ4n) is 6.11. The number of anilines is 4. The topological polar surface area (TPSA) is 121 Å². The van der Waals surface area contributed by atoms with Crippen LogP contribution < -0.4 is 26.0 Å². The maximum atomic E-state index is 12.5. The van der Waals surface area contributed by atoms with Crippen molar-refractivity contribution in [3.63, 3.8) is 0 Å². The highest BCUT2D eigenvalue weighted by Gasteiger charge is 2.28. The van der Waals surface area contributed by atoms with E-state index in [1.807, 2.05) is 18.2 Å². The highest BCUT2D eigenvalue weighted by atomic mass is 16.5. The zero-order valence-electron chi connectivity index (χ0n) is 25.3. The third-order valence-electron chi connectivity index (χ3n) is 8.54. The Balaban J connectivity index is 1.34. The van der Waals surface area contributed by atoms with Crippen LogP contribution in [0.2, 0.25) is 5.11 Å². The number of methoxy groups -OCH3 is 1. The number of hydrogen-bond acceptors (Lipinski definition) is 10. The van der Waals surface area contributed by atoms with Crippen LogP contribution in [0.1, 0.15) is 41.9 Å². The molecule has 224 valence electrons. The standard InChI is InChI=1S/C29H41B3N8O3/c1-38-11-13-39(14-12-38)21-5-9-40(10-6-21)23-4-3-20(17-24(23)42-2)35-28-25(26(33)41)36-22(18-29(30,31)32)27(37-28)34-19-7-15-43-16-8-19/h3-4,17,19,21H,5-16,18H2,1-2H3,(H2,33,41)(H2,34,35,37). The zero-order chi connectivity index (χ0) is 30.6. The second kappa shape index (κ2) is 13.8. The Morgan fingerprint density at radius 3 is 2.37 bits per heavy atom. The first-order chi connectivity index (χ1) is 20.6. The molecule has 0 aliphatic carbocycles. The number of primary amides is 1. The number of nitrogens with two attached hydrogens (primary N) is 1. The monoisotopic (exact) mass is 582 g/mol. The van der Waals surface area contributed by atoms with E-state index in [1.54, 1.807) is 7.11 Å². The van der Waals surface area contributed by atoms with E-state index in [4.69, 9.17) is 43.7 Å². The second-order valence-corrected chi connectivity index (χ2v) is 12.0. The largest absolute Gasteiger partial charge is 0.495 e. The normalized spacial score (nSPS) is 19.7. The van der Waals surface area contributed by atoms with E-state index in [9.17, 15) is 4.79 Å². The van der Waals surface area contributed by atoms with Gasteiger partial charge < -0.3 is 35.6 Å². The van der Waals surface area contributed by atoms with Gasteiger partial charge in [0.15, 0.2) is 11.5 Å². The molecule has 3 saturated heterocycles. The van der Waals surface area contributed by atoms with Crippen LogP contribution in [-0.4, -0.2) is 128 Å². The lowest BCUT2D eigenvalue weighted by atomic mass is 9.41. The molecule has 3 aliphatic heterocycles. The number of piperazine rings is 1. The van der Waals surface area contributed by atoms with E-state index < -0.39 is 11.0 Å². The first-order valence-corrected chi connectivity index (χ1v) is 15.1. The maximum absolute atomic E-state index is 12.5. The number of aromatic nitrogens is 2. The van der Waals surface area contributed by atoms with Crippen molar-refractivity contribution in [1.82, 2.24) is 19.8 Å². The SMILES string of the molecule is [B]C([B])([B])Cc1nc(C(N)=O)c(Nc2ccc(N3CCC(N4CCN(C)CC4)CC3)c(OC)c2)nc1NC1CCOCC1. The van der Waals surface area contributed by atoms with Crippen molar-refractivity contribution < 1.29 is 14.3 Å². The molecule has 3 aliphatic rings. The Labute approximate surface area is 258 Å². The second-order valence-electron chi connectivity index (χ2n) is 12.0. The number of carbonyl (C=O) groups excluding carboxylic acids is 1. The Bertz CT molecular complexity index is 1260. The average Bonchev–Trinajstić information content (AvgIpc) is 2.98. The number of carbonyl (C=O) groups is 1. The Morgan fingerprint density at radius 2 is 1.74 bits per heavy atom. The van der Waals surface area contributed by atoms with E-state index in [-0.39, 0.29) is 24.0 Å². The predicted molar refractivity (Wildman–Crippen MR) is 172 cm³/mol. The summed E-state index contributed by atoms with van der Waals surface area (Å²) in [6.45, 7) is 7.75. The lowest BCUT2D eigenvalue weighted by molar-refractivity contribution is 0.0903.